The van der Waals surface area contributed by atoms with Crippen LogP contribution in [0, 0.1) is 6.92 Å². The zero-order chi connectivity index (χ0) is 21.9. The molecule has 2 aromatic rings. The second kappa shape index (κ2) is 8.75. The second-order valence-corrected chi connectivity index (χ2v) is 11.1. The Balaban J connectivity index is 1.60. The predicted octanol–water partition coefficient (Wildman–Crippen LogP) is 1.95. The Hall–Kier alpha value is -2.43. The molecular formula is C20H25N3O5S2. The van der Waals surface area contributed by atoms with Crippen molar-refractivity contribution in [2.45, 2.75) is 30.7 Å². The molecule has 1 aliphatic heterocycles. The molecule has 30 heavy (non-hydrogen) atoms. The zero-order valence-corrected chi connectivity index (χ0v) is 18.5. The summed E-state index contributed by atoms with van der Waals surface area (Å²) in [5, 5.41) is 2.91. The number of piperidine rings is 1. The molecule has 0 unspecified atom stereocenters. The summed E-state index contributed by atoms with van der Waals surface area (Å²) in [7, 11) is -6.99. The van der Waals surface area contributed by atoms with Gasteiger partial charge in [0.25, 0.3) is 5.91 Å². The van der Waals surface area contributed by atoms with Crippen LogP contribution in [0.4, 0.5) is 5.69 Å². The third-order valence-corrected chi connectivity index (χ3v) is 7.40. The van der Waals surface area contributed by atoms with Gasteiger partial charge in [-0.2, -0.15) is 4.31 Å². The lowest BCUT2D eigenvalue weighted by molar-refractivity contribution is 0.0924. The SMILES string of the molecule is Cc1ccc(S(=O)(=O)N2CCC(NC(=O)c3cccc(NS(C)(=O)=O)c3)CC2)cc1. The summed E-state index contributed by atoms with van der Waals surface area (Å²) in [6.45, 7) is 2.53. The van der Waals surface area contributed by atoms with Gasteiger partial charge in [-0.3, -0.25) is 9.52 Å². The molecule has 0 atom stereocenters. The summed E-state index contributed by atoms with van der Waals surface area (Å²) in [6, 6.07) is 12.8. The predicted molar refractivity (Wildman–Crippen MR) is 115 cm³/mol. The van der Waals surface area contributed by atoms with E-state index in [1.165, 1.54) is 10.4 Å². The molecule has 1 amide bonds. The highest BCUT2D eigenvalue weighted by Crippen LogP contribution is 2.21. The van der Waals surface area contributed by atoms with E-state index in [0.29, 0.717) is 37.2 Å². The van der Waals surface area contributed by atoms with Crippen LogP contribution in [0.2, 0.25) is 0 Å². The maximum absolute atomic E-state index is 12.8. The Bertz CT molecular complexity index is 1120. The minimum atomic E-state index is -3.55. The van der Waals surface area contributed by atoms with Gasteiger partial charge in [-0.05, 0) is 50.1 Å². The van der Waals surface area contributed by atoms with Crippen LogP contribution >= 0.6 is 0 Å². The van der Waals surface area contributed by atoms with Crippen molar-refractivity contribution in [3.05, 3.63) is 59.7 Å². The van der Waals surface area contributed by atoms with E-state index in [0.717, 1.165) is 11.8 Å². The molecule has 0 radical (unpaired) electrons. The highest BCUT2D eigenvalue weighted by Gasteiger charge is 2.30. The van der Waals surface area contributed by atoms with E-state index in [1.807, 2.05) is 6.92 Å². The molecule has 3 rings (SSSR count). The van der Waals surface area contributed by atoms with E-state index in [4.69, 9.17) is 0 Å². The third-order valence-electron chi connectivity index (χ3n) is 4.88. The molecule has 1 saturated heterocycles. The molecule has 8 nitrogen and oxygen atoms in total. The zero-order valence-electron chi connectivity index (χ0n) is 16.8. The van der Waals surface area contributed by atoms with Crippen molar-refractivity contribution in [1.82, 2.24) is 9.62 Å². The van der Waals surface area contributed by atoms with Crippen molar-refractivity contribution in [3.8, 4) is 0 Å². The van der Waals surface area contributed by atoms with Crippen LogP contribution in [0.3, 0.4) is 0 Å². The van der Waals surface area contributed by atoms with Gasteiger partial charge in [-0.1, -0.05) is 23.8 Å². The smallest absolute Gasteiger partial charge is 0.251 e. The monoisotopic (exact) mass is 451 g/mol. The lowest BCUT2D eigenvalue weighted by Crippen LogP contribution is -2.46. The highest BCUT2D eigenvalue weighted by molar-refractivity contribution is 7.92. The number of aryl methyl sites for hydroxylation is 1. The fourth-order valence-electron chi connectivity index (χ4n) is 3.31. The van der Waals surface area contributed by atoms with E-state index in [-0.39, 0.29) is 16.8 Å². The number of hydrogen-bond donors (Lipinski definition) is 2. The number of sulfonamides is 2. The van der Waals surface area contributed by atoms with Crippen molar-refractivity contribution in [3.63, 3.8) is 0 Å². The maximum Gasteiger partial charge on any atom is 0.251 e. The summed E-state index contributed by atoms with van der Waals surface area (Å²) in [4.78, 5) is 12.8. The first-order valence-electron chi connectivity index (χ1n) is 9.50. The highest BCUT2D eigenvalue weighted by atomic mass is 32.2. The number of carbonyl (C=O) groups is 1. The summed E-state index contributed by atoms with van der Waals surface area (Å²) in [5.74, 6) is -0.327. The fraction of sp³-hybridized carbons (Fsp3) is 0.350. The van der Waals surface area contributed by atoms with E-state index < -0.39 is 20.0 Å². The number of amides is 1. The van der Waals surface area contributed by atoms with Crippen molar-refractivity contribution in [1.29, 1.82) is 0 Å². The molecule has 1 heterocycles. The van der Waals surface area contributed by atoms with Gasteiger partial charge in [0.05, 0.1) is 11.2 Å². The number of carbonyl (C=O) groups excluding carboxylic acids is 1. The van der Waals surface area contributed by atoms with Crippen LogP contribution in [0.15, 0.2) is 53.4 Å². The number of nitrogens with one attached hydrogen (secondary N) is 2. The molecule has 0 bridgehead atoms. The average molecular weight is 452 g/mol. The van der Waals surface area contributed by atoms with E-state index >= 15 is 0 Å². The van der Waals surface area contributed by atoms with Crippen molar-refractivity contribution in [2.24, 2.45) is 0 Å². The molecule has 0 aromatic heterocycles. The van der Waals surface area contributed by atoms with Crippen LogP contribution < -0.4 is 10.0 Å². The van der Waals surface area contributed by atoms with Gasteiger partial charge >= 0.3 is 0 Å². The largest absolute Gasteiger partial charge is 0.349 e. The van der Waals surface area contributed by atoms with Crippen molar-refractivity contribution < 1.29 is 21.6 Å². The van der Waals surface area contributed by atoms with Crippen LogP contribution in [0.5, 0.6) is 0 Å². The normalized spacial score (nSPS) is 16.2. The Labute approximate surface area is 177 Å². The lowest BCUT2D eigenvalue weighted by Gasteiger charge is -2.31. The molecule has 162 valence electrons. The molecule has 0 aliphatic carbocycles. The van der Waals surface area contributed by atoms with E-state index in [1.54, 1.807) is 42.5 Å². The van der Waals surface area contributed by atoms with Crippen molar-refractivity contribution >= 4 is 31.6 Å². The lowest BCUT2D eigenvalue weighted by atomic mass is 10.1. The molecule has 0 saturated carbocycles. The third kappa shape index (κ3) is 5.59. The first kappa shape index (κ1) is 22.3. The molecule has 1 aliphatic rings. The van der Waals surface area contributed by atoms with Gasteiger partial charge in [0.2, 0.25) is 20.0 Å². The summed E-state index contributed by atoms with van der Waals surface area (Å²) < 4.78 is 52.1. The topological polar surface area (TPSA) is 113 Å². The first-order chi connectivity index (χ1) is 14.0. The van der Waals surface area contributed by atoms with Gasteiger partial charge < -0.3 is 5.32 Å². The maximum atomic E-state index is 12.8. The van der Waals surface area contributed by atoms with Gasteiger partial charge in [0.1, 0.15) is 0 Å². The molecule has 1 fully saturated rings. The standard InChI is InChI=1S/C20H25N3O5S2/c1-15-6-8-19(9-7-15)30(27,28)23-12-10-17(11-13-23)21-20(24)16-4-3-5-18(14-16)22-29(2,25)26/h3-9,14,17,22H,10-13H2,1-2H3,(H,21,24). The number of hydrogen-bond acceptors (Lipinski definition) is 5. The van der Waals surface area contributed by atoms with Crippen LogP contribution in [0.1, 0.15) is 28.8 Å². The van der Waals surface area contributed by atoms with Gasteiger partial charge in [0.15, 0.2) is 0 Å². The Morgan fingerprint density at radius 3 is 2.23 bits per heavy atom. The van der Waals surface area contributed by atoms with Crippen molar-refractivity contribution in [2.75, 3.05) is 24.1 Å². The number of nitrogens with zero attached hydrogens (tertiary/aromatic N) is 1. The van der Waals surface area contributed by atoms with Gasteiger partial charge in [-0.25, -0.2) is 16.8 Å². The fourth-order valence-corrected chi connectivity index (χ4v) is 5.33. The summed E-state index contributed by atoms with van der Waals surface area (Å²) in [5.41, 5.74) is 1.63. The molecule has 2 N–H and O–H groups in total. The summed E-state index contributed by atoms with van der Waals surface area (Å²) in [6.07, 6.45) is 2.04. The summed E-state index contributed by atoms with van der Waals surface area (Å²) >= 11 is 0. The van der Waals surface area contributed by atoms with Crippen LogP contribution in [0.25, 0.3) is 0 Å². The Morgan fingerprint density at radius 2 is 1.63 bits per heavy atom. The molecule has 2 aromatic carbocycles. The Kier molecular flexibility index (Phi) is 6.49. The number of rotatable bonds is 6. The number of anilines is 1. The second-order valence-electron chi connectivity index (χ2n) is 7.42. The van der Waals surface area contributed by atoms with E-state index in [9.17, 15) is 21.6 Å². The average Bonchev–Trinajstić information content (AvgIpc) is 2.67. The quantitative estimate of drug-likeness (QED) is 0.697. The Morgan fingerprint density at radius 1 is 1.00 bits per heavy atom. The molecular weight excluding hydrogens is 426 g/mol. The number of benzene rings is 2. The van der Waals surface area contributed by atoms with Crippen LogP contribution in [-0.4, -0.2) is 52.4 Å². The van der Waals surface area contributed by atoms with Crippen LogP contribution in [-0.2, 0) is 20.0 Å². The first-order valence-corrected chi connectivity index (χ1v) is 12.8. The van der Waals surface area contributed by atoms with E-state index in [2.05, 4.69) is 10.0 Å². The molecule has 0 spiro atoms. The minimum Gasteiger partial charge on any atom is -0.349 e. The minimum absolute atomic E-state index is 0.159. The van der Waals surface area contributed by atoms with Gasteiger partial charge in [-0.15, -0.1) is 0 Å². The molecule has 10 heteroatoms. The van der Waals surface area contributed by atoms with Gasteiger partial charge in [0, 0.05) is 30.4 Å².